The van der Waals surface area contributed by atoms with E-state index in [2.05, 4.69) is 20.6 Å². The van der Waals surface area contributed by atoms with Crippen molar-refractivity contribution < 1.29 is 9.53 Å². The maximum atomic E-state index is 11.6. The van der Waals surface area contributed by atoms with Crippen LogP contribution in [0, 0.1) is 6.92 Å². The van der Waals surface area contributed by atoms with Crippen LogP contribution < -0.4 is 10.6 Å². The van der Waals surface area contributed by atoms with E-state index in [1.165, 1.54) is 11.3 Å². The number of carbonyl (C=O) groups is 1. The number of ether oxygens (including phenoxy) is 1. The van der Waals surface area contributed by atoms with Gasteiger partial charge >= 0.3 is 5.97 Å². The van der Waals surface area contributed by atoms with Crippen molar-refractivity contribution in [1.29, 1.82) is 0 Å². The zero-order valence-corrected chi connectivity index (χ0v) is 12.2. The van der Waals surface area contributed by atoms with Gasteiger partial charge < -0.3 is 15.4 Å². The number of carbonyl (C=O) groups excluding carboxylic acids is 1. The Morgan fingerprint density at radius 3 is 3.05 bits per heavy atom. The van der Waals surface area contributed by atoms with E-state index >= 15 is 0 Å². The van der Waals surface area contributed by atoms with Crippen molar-refractivity contribution in [1.82, 2.24) is 15.6 Å². The van der Waals surface area contributed by atoms with Gasteiger partial charge in [0, 0.05) is 12.7 Å². The topological polar surface area (TPSA) is 75.6 Å². The van der Waals surface area contributed by atoms with Crippen molar-refractivity contribution in [3.05, 3.63) is 22.8 Å². The molecule has 0 radical (unpaired) electrons. The van der Waals surface area contributed by atoms with Gasteiger partial charge in [-0.25, -0.2) is 9.78 Å². The first-order valence-electron chi connectivity index (χ1n) is 5.59. The molecule has 0 aliphatic carbocycles. The zero-order valence-electron chi connectivity index (χ0n) is 10.6. The first-order valence-corrected chi connectivity index (χ1v) is 6.41. The molecule has 0 saturated carbocycles. The summed E-state index contributed by atoms with van der Waals surface area (Å²) in [5.41, 5.74) is 0.643. The van der Waals surface area contributed by atoms with Crippen LogP contribution in [0.3, 0.4) is 0 Å². The molecule has 8 heteroatoms. The fourth-order valence-corrected chi connectivity index (χ4v) is 2.22. The van der Waals surface area contributed by atoms with Crippen LogP contribution in [0.15, 0.2) is 17.3 Å². The number of halogens is 1. The van der Waals surface area contributed by atoms with Crippen LogP contribution in [-0.4, -0.2) is 30.1 Å². The molecule has 0 unspecified atom stereocenters. The summed E-state index contributed by atoms with van der Waals surface area (Å²) in [7, 11) is 0. The number of thiazole rings is 1. The summed E-state index contributed by atoms with van der Waals surface area (Å²) in [4.78, 5) is 20.6. The minimum Gasteiger partial charge on any atom is -0.462 e. The summed E-state index contributed by atoms with van der Waals surface area (Å²) in [6.07, 6.45) is 3.75. The van der Waals surface area contributed by atoms with Crippen LogP contribution in [0.1, 0.15) is 22.3 Å². The molecule has 0 fully saturated rings. The van der Waals surface area contributed by atoms with Gasteiger partial charge in [-0.05, 0) is 19.9 Å². The maximum absolute atomic E-state index is 11.6. The highest BCUT2D eigenvalue weighted by atomic mass is 35.5. The largest absolute Gasteiger partial charge is 0.462 e. The van der Waals surface area contributed by atoms with E-state index in [1.807, 2.05) is 12.3 Å². The predicted molar refractivity (Wildman–Crippen MR) is 77.4 cm³/mol. The van der Waals surface area contributed by atoms with Crippen LogP contribution in [-0.2, 0) is 4.74 Å². The van der Waals surface area contributed by atoms with Crippen LogP contribution >= 0.6 is 23.7 Å². The number of nitrogens with one attached hydrogen (secondary N) is 2. The minimum atomic E-state index is -0.344. The molecular weight excluding hydrogens is 288 g/mol. The Kier molecular flexibility index (Phi) is 5.78. The maximum Gasteiger partial charge on any atom is 0.350 e. The van der Waals surface area contributed by atoms with Crippen molar-refractivity contribution in [2.45, 2.75) is 13.8 Å². The molecular formula is C11H15ClN4O2S. The van der Waals surface area contributed by atoms with Crippen molar-refractivity contribution in [2.24, 2.45) is 4.99 Å². The van der Waals surface area contributed by atoms with Crippen LogP contribution in [0.5, 0.6) is 0 Å². The Bertz CT molecular complexity index is 513. The minimum absolute atomic E-state index is 0. The molecule has 2 rings (SSSR count). The number of hydrogen-bond donors (Lipinski definition) is 2. The molecule has 1 aliphatic heterocycles. The van der Waals surface area contributed by atoms with E-state index in [4.69, 9.17) is 4.74 Å². The Morgan fingerprint density at radius 1 is 1.63 bits per heavy atom. The number of guanidine groups is 1. The molecule has 0 bridgehead atoms. The van der Waals surface area contributed by atoms with Gasteiger partial charge in [-0.3, -0.25) is 0 Å². The lowest BCUT2D eigenvalue weighted by Crippen LogP contribution is -2.37. The summed E-state index contributed by atoms with van der Waals surface area (Å²) >= 11 is 1.22. The molecule has 0 aromatic carbocycles. The number of aromatic nitrogens is 1. The first-order chi connectivity index (χ1) is 8.70. The van der Waals surface area contributed by atoms with E-state index < -0.39 is 0 Å². The number of rotatable bonds is 3. The predicted octanol–water partition coefficient (Wildman–Crippen LogP) is 1.74. The van der Waals surface area contributed by atoms with Crippen molar-refractivity contribution in [2.75, 3.05) is 13.2 Å². The fourth-order valence-electron chi connectivity index (χ4n) is 1.39. The van der Waals surface area contributed by atoms with Crippen LogP contribution in [0.4, 0.5) is 5.13 Å². The van der Waals surface area contributed by atoms with Crippen LogP contribution in [0.25, 0.3) is 0 Å². The second-order valence-electron chi connectivity index (χ2n) is 3.52. The second kappa shape index (κ2) is 7.10. The summed E-state index contributed by atoms with van der Waals surface area (Å²) in [5, 5.41) is 6.54. The molecule has 0 saturated heterocycles. The lowest BCUT2D eigenvalue weighted by atomic mass is 10.4. The third kappa shape index (κ3) is 3.93. The molecule has 0 atom stereocenters. The Hall–Kier alpha value is -1.60. The summed E-state index contributed by atoms with van der Waals surface area (Å²) in [6.45, 7) is 4.63. The normalized spacial score (nSPS) is 15.4. The Labute approximate surface area is 121 Å². The third-order valence-electron chi connectivity index (χ3n) is 2.18. The van der Waals surface area contributed by atoms with Crippen LogP contribution in [0.2, 0.25) is 0 Å². The highest BCUT2D eigenvalue weighted by Gasteiger charge is 2.16. The lowest BCUT2D eigenvalue weighted by Gasteiger charge is -2.10. The third-order valence-corrected chi connectivity index (χ3v) is 3.21. The Morgan fingerprint density at radius 2 is 2.42 bits per heavy atom. The van der Waals surface area contributed by atoms with Gasteiger partial charge in [0.05, 0.1) is 12.3 Å². The van der Waals surface area contributed by atoms with E-state index in [0.717, 1.165) is 6.54 Å². The molecule has 6 nitrogen and oxygen atoms in total. The van der Waals surface area contributed by atoms with Crippen molar-refractivity contribution >= 4 is 40.8 Å². The molecule has 0 spiro atoms. The molecule has 2 heterocycles. The molecule has 104 valence electrons. The average molecular weight is 303 g/mol. The fraction of sp³-hybridized carbons (Fsp3) is 0.364. The standard InChI is InChI=1S/C11H14N4O2S.ClH/c1-3-17-9(16)8-7(2)14-11(18-8)15-10-12-5-4-6-13-10;/h4-5H,3,6H2,1-2H3,(H2,12,13,14,15);1H. The second-order valence-corrected chi connectivity index (χ2v) is 4.50. The summed E-state index contributed by atoms with van der Waals surface area (Å²) in [6, 6.07) is 0. The van der Waals surface area contributed by atoms with Gasteiger partial charge in [-0.2, -0.15) is 4.99 Å². The quantitative estimate of drug-likeness (QED) is 0.832. The Balaban J connectivity index is 0.00000180. The van der Waals surface area contributed by atoms with E-state index in [0.29, 0.717) is 28.3 Å². The molecule has 19 heavy (non-hydrogen) atoms. The SMILES string of the molecule is CCOC(=O)c1sc(N=C2NC=CCN2)nc1C.Cl. The van der Waals surface area contributed by atoms with Gasteiger partial charge in [0.1, 0.15) is 4.88 Å². The number of nitrogens with zero attached hydrogens (tertiary/aromatic N) is 2. The van der Waals surface area contributed by atoms with Crippen molar-refractivity contribution in [3.63, 3.8) is 0 Å². The van der Waals surface area contributed by atoms with E-state index in [1.54, 1.807) is 13.8 Å². The van der Waals surface area contributed by atoms with E-state index in [9.17, 15) is 4.79 Å². The number of hydrogen-bond acceptors (Lipinski definition) is 5. The first kappa shape index (κ1) is 15.5. The van der Waals surface area contributed by atoms with Gasteiger partial charge in [-0.1, -0.05) is 11.3 Å². The van der Waals surface area contributed by atoms with Crippen molar-refractivity contribution in [3.8, 4) is 0 Å². The lowest BCUT2D eigenvalue weighted by molar-refractivity contribution is 0.0531. The smallest absolute Gasteiger partial charge is 0.350 e. The van der Waals surface area contributed by atoms with Gasteiger partial charge in [0.25, 0.3) is 0 Å². The molecule has 2 N–H and O–H groups in total. The molecule has 1 aromatic heterocycles. The van der Waals surface area contributed by atoms with Gasteiger partial charge in [0.2, 0.25) is 11.1 Å². The number of aliphatic imine (C=N–C) groups is 1. The highest BCUT2D eigenvalue weighted by molar-refractivity contribution is 7.17. The van der Waals surface area contributed by atoms with Gasteiger partial charge in [0.15, 0.2) is 0 Å². The van der Waals surface area contributed by atoms with Gasteiger partial charge in [-0.15, -0.1) is 12.4 Å². The zero-order chi connectivity index (χ0) is 13.0. The summed E-state index contributed by atoms with van der Waals surface area (Å²) < 4.78 is 4.95. The molecule has 0 amide bonds. The summed E-state index contributed by atoms with van der Waals surface area (Å²) in [5.74, 6) is 0.282. The molecule has 1 aromatic rings. The molecule has 1 aliphatic rings. The number of aryl methyl sites for hydroxylation is 1. The number of esters is 1. The monoisotopic (exact) mass is 302 g/mol. The van der Waals surface area contributed by atoms with E-state index in [-0.39, 0.29) is 18.4 Å². The average Bonchev–Trinajstić information content (AvgIpc) is 2.72. The highest BCUT2D eigenvalue weighted by Crippen LogP contribution is 2.25.